The fraction of sp³-hybridized carbons (Fsp3) is 0.409. The molecule has 0 saturated carbocycles. The molecule has 0 aromatic heterocycles. The molecule has 0 radical (unpaired) electrons. The Kier molecular flexibility index (Phi) is 10.3. The molecule has 31 heavy (non-hydrogen) atoms. The fourth-order valence-electron chi connectivity index (χ4n) is 3.46. The summed E-state index contributed by atoms with van der Waals surface area (Å²) in [6.45, 7) is 3.64. The molecule has 1 heterocycles. The van der Waals surface area contributed by atoms with E-state index >= 15 is 0 Å². The van der Waals surface area contributed by atoms with Gasteiger partial charge < -0.3 is 24.8 Å². The van der Waals surface area contributed by atoms with Crippen molar-refractivity contribution in [1.82, 2.24) is 10.2 Å². The Morgan fingerprint density at radius 3 is 2.39 bits per heavy atom. The quantitative estimate of drug-likeness (QED) is 0.316. The summed E-state index contributed by atoms with van der Waals surface area (Å²) < 4.78 is 29.6. The van der Waals surface area contributed by atoms with E-state index in [4.69, 9.17) is 14.2 Å². The van der Waals surface area contributed by atoms with Crippen LogP contribution in [0.2, 0.25) is 0 Å². The molecule has 0 bridgehead atoms. The van der Waals surface area contributed by atoms with Gasteiger partial charge in [0, 0.05) is 38.4 Å². The van der Waals surface area contributed by atoms with Crippen molar-refractivity contribution in [2.75, 3.05) is 59.4 Å². The van der Waals surface area contributed by atoms with Crippen LogP contribution in [0.3, 0.4) is 0 Å². The third-order valence-electron chi connectivity index (χ3n) is 5.07. The summed E-state index contributed by atoms with van der Waals surface area (Å²) in [6, 6.07) is 12.3. The molecule has 1 fully saturated rings. The third kappa shape index (κ3) is 6.94. The van der Waals surface area contributed by atoms with E-state index in [1.807, 2.05) is 30.3 Å². The molecule has 0 spiro atoms. The first kappa shape index (κ1) is 25.2. The standard InChI is InChI=1S/C22H29FN4O3.HI/c1-24-22(26-18-8-9-20(28-2)21(14-18)29-3)25-15-19(27-10-12-30-13-11-27)16-4-6-17(23)7-5-16;/h4-9,14,19H,10-13,15H2,1-3H3,(H2,24,25,26);1H. The Balaban J connectivity index is 0.00000341. The van der Waals surface area contributed by atoms with Crippen LogP contribution in [0.25, 0.3) is 0 Å². The summed E-state index contributed by atoms with van der Waals surface area (Å²) in [5.41, 5.74) is 1.87. The van der Waals surface area contributed by atoms with Gasteiger partial charge in [0.2, 0.25) is 0 Å². The lowest BCUT2D eigenvalue weighted by atomic mass is 10.0. The Morgan fingerprint density at radius 2 is 1.77 bits per heavy atom. The second kappa shape index (κ2) is 12.7. The van der Waals surface area contributed by atoms with E-state index in [2.05, 4.69) is 20.5 Å². The molecule has 2 aromatic rings. The van der Waals surface area contributed by atoms with Crippen LogP contribution in [0.1, 0.15) is 11.6 Å². The predicted molar refractivity (Wildman–Crippen MR) is 131 cm³/mol. The van der Waals surface area contributed by atoms with Crippen molar-refractivity contribution in [1.29, 1.82) is 0 Å². The van der Waals surface area contributed by atoms with Crippen molar-refractivity contribution in [3.05, 3.63) is 53.8 Å². The molecule has 2 N–H and O–H groups in total. The number of rotatable bonds is 7. The van der Waals surface area contributed by atoms with Crippen molar-refractivity contribution in [3.8, 4) is 11.5 Å². The summed E-state index contributed by atoms with van der Waals surface area (Å²) in [6.07, 6.45) is 0. The van der Waals surface area contributed by atoms with Crippen molar-refractivity contribution >= 4 is 35.6 Å². The van der Waals surface area contributed by atoms with E-state index in [0.29, 0.717) is 37.2 Å². The van der Waals surface area contributed by atoms with Crippen molar-refractivity contribution < 1.29 is 18.6 Å². The molecule has 0 aliphatic carbocycles. The average molecular weight is 544 g/mol. The number of methoxy groups -OCH3 is 2. The van der Waals surface area contributed by atoms with Gasteiger partial charge in [0.05, 0.1) is 33.5 Å². The van der Waals surface area contributed by atoms with Gasteiger partial charge in [-0.3, -0.25) is 9.89 Å². The summed E-state index contributed by atoms with van der Waals surface area (Å²) in [7, 11) is 4.93. The van der Waals surface area contributed by atoms with Crippen LogP contribution in [0, 0.1) is 5.82 Å². The van der Waals surface area contributed by atoms with E-state index in [1.165, 1.54) is 12.1 Å². The Labute approximate surface area is 200 Å². The second-order valence-electron chi connectivity index (χ2n) is 6.86. The number of guanidine groups is 1. The van der Waals surface area contributed by atoms with E-state index in [0.717, 1.165) is 24.3 Å². The van der Waals surface area contributed by atoms with Crippen molar-refractivity contribution in [3.63, 3.8) is 0 Å². The van der Waals surface area contributed by atoms with Crippen LogP contribution in [0.4, 0.5) is 10.1 Å². The molecule has 0 amide bonds. The van der Waals surface area contributed by atoms with Crippen LogP contribution in [0.15, 0.2) is 47.5 Å². The van der Waals surface area contributed by atoms with E-state index in [9.17, 15) is 4.39 Å². The second-order valence-corrected chi connectivity index (χ2v) is 6.86. The highest BCUT2D eigenvalue weighted by Gasteiger charge is 2.23. The van der Waals surface area contributed by atoms with Gasteiger partial charge in [0.1, 0.15) is 5.82 Å². The molecule has 1 aliphatic heterocycles. The van der Waals surface area contributed by atoms with E-state index in [1.54, 1.807) is 21.3 Å². The SMILES string of the molecule is CN=C(NCC(c1ccc(F)cc1)N1CCOCC1)Nc1ccc(OC)c(OC)c1.I. The number of hydrogen-bond donors (Lipinski definition) is 2. The molecule has 1 atom stereocenters. The Hall–Kier alpha value is -2.11. The van der Waals surface area contributed by atoms with Crippen molar-refractivity contribution in [2.24, 2.45) is 4.99 Å². The lowest BCUT2D eigenvalue weighted by Crippen LogP contribution is -2.44. The van der Waals surface area contributed by atoms with Crippen LogP contribution in [0.5, 0.6) is 11.5 Å². The van der Waals surface area contributed by atoms with Gasteiger partial charge in [-0.05, 0) is 29.8 Å². The number of morpholine rings is 1. The van der Waals surface area contributed by atoms with Crippen LogP contribution >= 0.6 is 24.0 Å². The highest BCUT2D eigenvalue weighted by molar-refractivity contribution is 14.0. The zero-order chi connectivity index (χ0) is 21.3. The summed E-state index contributed by atoms with van der Waals surface area (Å²) in [5, 5.41) is 6.66. The topological polar surface area (TPSA) is 67.4 Å². The highest BCUT2D eigenvalue weighted by atomic mass is 127. The first-order valence-corrected chi connectivity index (χ1v) is 9.91. The fourth-order valence-corrected chi connectivity index (χ4v) is 3.46. The molecule has 1 aliphatic rings. The van der Waals surface area contributed by atoms with Crippen LogP contribution < -0.4 is 20.1 Å². The van der Waals surface area contributed by atoms with Gasteiger partial charge in [-0.2, -0.15) is 0 Å². The molecule has 3 rings (SSSR count). The summed E-state index contributed by atoms with van der Waals surface area (Å²) >= 11 is 0. The van der Waals surface area contributed by atoms with Gasteiger partial charge in [0.15, 0.2) is 17.5 Å². The maximum atomic E-state index is 13.4. The zero-order valence-electron chi connectivity index (χ0n) is 18.1. The number of ether oxygens (including phenoxy) is 3. The number of nitrogens with zero attached hydrogens (tertiary/aromatic N) is 2. The first-order chi connectivity index (χ1) is 14.6. The van der Waals surface area contributed by atoms with Gasteiger partial charge >= 0.3 is 0 Å². The Morgan fingerprint density at radius 1 is 1.10 bits per heavy atom. The maximum Gasteiger partial charge on any atom is 0.195 e. The van der Waals surface area contributed by atoms with Crippen LogP contribution in [-0.4, -0.2) is 65.0 Å². The first-order valence-electron chi connectivity index (χ1n) is 9.91. The van der Waals surface area contributed by atoms with Gasteiger partial charge in [-0.15, -0.1) is 24.0 Å². The molecular formula is C22H30FIN4O3. The minimum atomic E-state index is -0.238. The largest absolute Gasteiger partial charge is 0.493 e. The smallest absolute Gasteiger partial charge is 0.195 e. The molecule has 1 unspecified atom stereocenters. The average Bonchev–Trinajstić information content (AvgIpc) is 2.80. The maximum absolute atomic E-state index is 13.4. The van der Waals surface area contributed by atoms with Gasteiger partial charge in [-0.25, -0.2) is 4.39 Å². The lowest BCUT2D eigenvalue weighted by Gasteiger charge is -2.35. The summed E-state index contributed by atoms with van der Waals surface area (Å²) in [5.74, 6) is 1.69. The van der Waals surface area contributed by atoms with Crippen LogP contribution in [-0.2, 0) is 4.74 Å². The predicted octanol–water partition coefficient (Wildman–Crippen LogP) is 3.52. The number of halogens is 2. The number of anilines is 1. The molecule has 7 nitrogen and oxygen atoms in total. The Bertz CT molecular complexity index is 845. The zero-order valence-corrected chi connectivity index (χ0v) is 20.4. The minimum absolute atomic E-state index is 0. The molecule has 2 aromatic carbocycles. The normalized spacial score (nSPS) is 15.5. The van der Waals surface area contributed by atoms with E-state index < -0.39 is 0 Å². The lowest BCUT2D eigenvalue weighted by molar-refractivity contribution is 0.0170. The highest BCUT2D eigenvalue weighted by Crippen LogP contribution is 2.29. The van der Waals surface area contributed by atoms with Gasteiger partial charge in [-0.1, -0.05) is 12.1 Å². The van der Waals surface area contributed by atoms with E-state index in [-0.39, 0.29) is 35.8 Å². The monoisotopic (exact) mass is 544 g/mol. The molecular weight excluding hydrogens is 514 g/mol. The van der Waals surface area contributed by atoms with Crippen molar-refractivity contribution in [2.45, 2.75) is 6.04 Å². The van der Waals surface area contributed by atoms with Gasteiger partial charge in [0.25, 0.3) is 0 Å². The number of aliphatic imine (C=N–C) groups is 1. The molecule has 1 saturated heterocycles. The minimum Gasteiger partial charge on any atom is -0.493 e. The molecule has 170 valence electrons. The number of benzene rings is 2. The number of hydrogen-bond acceptors (Lipinski definition) is 5. The number of nitrogens with one attached hydrogen (secondary N) is 2. The molecule has 9 heteroatoms. The summed E-state index contributed by atoms with van der Waals surface area (Å²) in [4.78, 5) is 6.67. The third-order valence-corrected chi connectivity index (χ3v) is 5.07.